The number of ether oxygens (including phenoxy) is 2. The van der Waals surface area contributed by atoms with Gasteiger partial charge in [-0.15, -0.1) is 0 Å². The number of aryl methyl sites for hydroxylation is 1. The lowest BCUT2D eigenvalue weighted by molar-refractivity contribution is -0.155. The van der Waals surface area contributed by atoms with E-state index in [0.29, 0.717) is 19.4 Å². The van der Waals surface area contributed by atoms with Crippen molar-refractivity contribution >= 4 is 22.7 Å². The van der Waals surface area contributed by atoms with Crippen LogP contribution in [0.5, 0.6) is 5.75 Å². The maximum absolute atomic E-state index is 12.7. The van der Waals surface area contributed by atoms with Gasteiger partial charge in [0.1, 0.15) is 11.5 Å². The minimum atomic E-state index is -0.540. The summed E-state index contributed by atoms with van der Waals surface area (Å²) in [5.74, 6) is 0.479. The van der Waals surface area contributed by atoms with Crippen LogP contribution < -0.4 is 4.74 Å². The molecule has 2 aliphatic carbocycles. The van der Waals surface area contributed by atoms with E-state index in [-0.39, 0.29) is 23.6 Å². The molecule has 0 bridgehead atoms. The third-order valence-electron chi connectivity index (χ3n) is 6.42. The third kappa shape index (κ3) is 2.29. The predicted octanol–water partition coefficient (Wildman–Crippen LogP) is 3.54. The molecule has 4 rings (SSSR count). The van der Waals surface area contributed by atoms with Crippen molar-refractivity contribution in [2.45, 2.75) is 44.9 Å². The zero-order valence-corrected chi connectivity index (χ0v) is 15.6. The molecule has 2 aliphatic rings. The molecule has 5 nitrogen and oxygen atoms in total. The highest BCUT2D eigenvalue weighted by Crippen LogP contribution is 2.53. The Kier molecular flexibility index (Phi) is 4.05. The number of esters is 1. The fraction of sp³-hybridized carbons (Fsp3) is 0.524. The second kappa shape index (κ2) is 6.15. The monoisotopic (exact) mass is 355 g/mol. The van der Waals surface area contributed by atoms with E-state index in [9.17, 15) is 9.59 Å². The van der Waals surface area contributed by atoms with Gasteiger partial charge in [0.2, 0.25) is 0 Å². The van der Waals surface area contributed by atoms with Crippen molar-refractivity contribution in [2.75, 3.05) is 13.7 Å². The van der Waals surface area contributed by atoms with Crippen LogP contribution in [-0.2, 0) is 26.2 Å². The topological polar surface area (TPSA) is 68.4 Å². The summed E-state index contributed by atoms with van der Waals surface area (Å²) in [6.45, 7) is 4.26. The lowest BCUT2D eigenvalue weighted by atomic mass is 9.55. The number of benzene rings is 1. The van der Waals surface area contributed by atoms with E-state index in [4.69, 9.17) is 9.47 Å². The summed E-state index contributed by atoms with van der Waals surface area (Å²) in [6, 6.07) is 5.98. The summed E-state index contributed by atoms with van der Waals surface area (Å²) in [6.07, 6.45) is 2.64. The summed E-state index contributed by atoms with van der Waals surface area (Å²) in [5.41, 5.74) is 2.73. The van der Waals surface area contributed by atoms with Crippen LogP contribution in [0.15, 0.2) is 18.2 Å². The van der Waals surface area contributed by atoms with E-state index < -0.39 is 5.41 Å². The Morgan fingerprint density at radius 3 is 2.85 bits per heavy atom. The molecule has 0 spiro atoms. The van der Waals surface area contributed by atoms with Crippen LogP contribution in [0.25, 0.3) is 10.9 Å². The molecule has 138 valence electrons. The Bertz CT molecular complexity index is 884. The Hall–Kier alpha value is -2.30. The first-order valence-corrected chi connectivity index (χ1v) is 9.39. The van der Waals surface area contributed by atoms with Gasteiger partial charge >= 0.3 is 5.97 Å². The molecule has 2 aromatic rings. The van der Waals surface area contributed by atoms with E-state index >= 15 is 0 Å². The predicted molar refractivity (Wildman–Crippen MR) is 98.4 cm³/mol. The average molecular weight is 355 g/mol. The summed E-state index contributed by atoms with van der Waals surface area (Å²) in [7, 11) is 1.66. The Morgan fingerprint density at radius 2 is 2.12 bits per heavy atom. The number of fused-ring (bicyclic) bond motifs is 5. The van der Waals surface area contributed by atoms with Crippen molar-refractivity contribution in [1.29, 1.82) is 0 Å². The summed E-state index contributed by atoms with van der Waals surface area (Å²) < 4.78 is 10.8. The molecule has 5 heteroatoms. The fourth-order valence-corrected chi connectivity index (χ4v) is 5.11. The first-order chi connectivity index (χ1) is 12.5. The van der Waals surface area contributed by atoms with Crippen molar-refractivity contribution in [3.05, 3.63) is 29.5 Å². The fourth-order valence-electron chi connectivity index (χ4n) is 5.11. The smallest absolute Gasteiger partial charge is 0.309 e. The number of aromatic nitrogens is 1. The van der Waals surface area contributed by atoms with Crippen LogP contribution >= 0.6 is 0 Å². The molecule has 1 aromatic heterocycles. The van der Waals surface area contributed by atoms with E-state index in [1.807, 2.05) is 25.1 Å². The normalized spacial score (nSPS) is 27.7. The van der Waals surface area contributed by atoms with Crippen LogP contribution in [0.1, 0.15) is 44.4 Å². The van der Waals surface area contributed by atoms with Crippen molar-refractivity contribution in [2.24, 2.45) is 11.8 Å². The van der Waals surface area contributed by atoms with Gasteiger partial charge in [-0.1, -0.05) is 6.92 Å². The van der Waals surface area contributed by atoms with E-state index in [1.54, 1.807) is 7.11 Å². The van der Waals surface area contributed by atoms with Gasteiger partial charge in [-0.3, -0.25) is 9.59 Å². The number of H-pyrrole nitrogens is 1. The summed E-state index contributed by atoms with van der Waals surface area (Å²) in [4.78, 5) is 29.0. The van der Waals surface area contributed by atoms with Crippen LogP contribution in [0, 0.1) is 11.8 Å². The van der Waals surface area contributed by atoms with Gasteiger partial charge in [0.25, 0.3) is 0 Å². The number of hydrogen-bond donors (Lipinski definition) is 1. The molecule has 1 aromatic carbocycles. The largest absolute Gasteiger partial charge is 0.497 e. The van der Waals surface area contributed by atoms with Gasteiger partial charge in [0.15, 0.2) is 0 Å². The second-order valence-corrected chi connectivity index (χ2v) is 7.57. The third-order valence-corrected chi connectivity index (χ3v) is 6.42. The van der Waals surface area contributed by atoms with Gasteiger partial charge in [-0.05, 0) is 49.9 Å². The molecule has 1 unspecified atom stereocenters. The van der Waals surface area contributed by atoms with Crippen molar-refractivity contribution in [3.8, 4) is 5.75 Å². The van der Waals surface area contributed by atoms with E-state index in [2.05, 4.69) is 11.9 Å². The Morgan fingerprint density at radius 1 is 1.31 bits per heavy atom. The molecule has 26 heavy (non-hydrogen) atoms. The first-order valence-electron chi connectivity index (χ1n) is 9.39. The van der Waals surface area contributed by atoms with Gasteiger partial charge in [-0.2, -0.15) is 0 Å². The molecule has 0 radical (unpaired) electrons. The average Bonchev–Trinajstić information content (AvgIpc) is 3.01. The number of methoxy groups -OCH3 is 1. The highest BCUT2D eigenvalue weighted by Gasteiger charge is 2.55. The van der Waals surface area contributed by atoms with Crippen LogP contribution in [0.4, 0.5) is 0 Å². The highest BCUT2D eigenvalue weighted by molar-refractivity contribution is 5.92. The van der Waals surface area contributed by atoms with Gasteiger partial charge < -0.3 is 14.5 Å². The Balaban J connectivity index is 1.90. The quantitative estimate of drug-likeness (QED) is 0.855. The lowest BCUT2D eigenvalue weighted by Crippen LogP contribution is -2.53. The minimum absolute atomic E-state index is 0.131. The zero-order chi connectivity index (χ0) is 18.5. The minimum Gasteiger partial charge on any atom is -0.497 e. The van der Waals surface area contributed by atoms with E-state index in [0.717, 1.165) is 35.2 Å². The number of aromatic amines is 1. The number of rotatable bonds is 3. The molecular weight excluding hydrogens is 330 g/mol. The van der Waals surface area contributed by atoms with E-state index in [1.165, 1.54) is 5.56 Å². The SMILES string of the molecule is CCOC(=O)[C@@H]1CCC(=O)C2CCc3c([nH]c4ccc(OC)cc34)[C@]21C. The number of carbonyl (C=O) groups is 2. The maximum atomic E-state index is 12.7. The lowest BCUT2D eigenvalue weighted by Gasteiger charge is -2.47. The van der Waals surface area contributed by atoms with Crippen LogP contribution in [0.2, 0.25) is 0 Å². The van der Waals surface area contributed by atoms with Gasteiger partial charge in [-0.25, -0.2) is 0 Å². The number of carbonyl (C=O) groups excluding carboxylic acids is 2. The molecule has 1 N–H and O–H groups in total. The first kappa shape index (κ1) is 17.1. The second-order valence-electron chi connectivity index (χ2n) is 7.57. The molecule has 0 saturated heterocycles. The molecule has 1 heterocycles. The van der Waals surface area contributed by atoms with Crippen molar-refractivity contribution < 1.29 is 19.1 Å². The molecule has 0 amide bonds. The van der Waals surface area contributed by atoms with Crippen molar-refractivity contribution in [3.63, 3.8) is 0 Å². The number of hydrogen-bond acceptors (Lipinski definition) is 4. The molecule has 1 fully saturated rings. The summed E-state index contributed by atoms with van der Waals surface area (Å²) in [5, 5.41) is 1.12. The molecular formula is C21H25NO4. The Labute approximate surface area is 153 Å². The van der Waals surface area contributed by atoms with Gasteiger partial charge in [0, 0.05) is 34.4 Å². The standard InChI is InChI=1S/C21H25NO4/c1-4-26-20(24)16-8-10-18(23)15-7-6-13-14-11-12(25-3)5-9-17(14)22-19(13)21(15,16)2/h5,9,11,15-16,22H,4,6-8,10H2,1-3H3/t15?,16-,21+/m0/s1. The number of nitrogens with one attached hydrogen (secondary N) is 1. The number of Topliss-reactive ketones (excluding diaryl/α,β-unsaturated/α-hetero) is 1. The van der Waals surface area contributed by atoms with Crippen LogP contribution in [-0.4, -0.2) is 30.5 Å². The zero-order valence-electron chi connectivity index (χ0n) is 15.6. The molecule has 3 atom stereocenters. The van der Waals surface area contributed by atoms with Gasteiger partial charge in [0.05, 0.1) is 19.6 Å². The van der Waals surface area contributed by atoms with Crippen molar-refractivity contribution in [1.82, 2.24) is 4.98 Å². The molecule has 0 aliphatic heterocycles. The highest BCUT2D eigenvalue weighted by atomic mass is 16.5. The number of ketones is 1. The summed E-state index contributed by atoms with van der Waals surface area (Å²) >= 11 is 0. The van der Waals surface area contributed by atoms with Crippen LogP contribution in [0.3, 0.4) is 0 Å². The molecule has 1 saturated carbocycles. The maximum Gasteiger partial charge on any atom is 0.309 e.